The second-order valence-corrected chi connectivity index (χ2v) is 3.10. The van der Waals surface area contributed by atoms with Crippen molar-refractivity contribution in [3.8, 4) is 5.75 Å². The Kier molecular flexibility index (Phi) is 4.02. The summed E-state index contributed by atoms with van der Waals surface area (Å²) in [6, 6.07) is 0. The summed E-state index contributed by atoms with van der Waals surface area (Å²) in [5, 5.41) is 13.2. The van der Waals surface area contributed by atoms with Crippen molar-refractivity contribution in [2.75, 3.05) is 7.11 Å². The Morgan fingerprint density at radius 1 is 1.60 bits per heavy atom. The first kappa shape index (κ1) is 11.9. The molecule has 0 amide bonds. The SMILES string of the molecule is CCCn1ncc(OC)c1C(O)C(F)F. The molecule has 6 heteroatoms. The van der Waals surface area contributed by atoms with Crippen LogP contribution in [0.5, 0.6) is 5.75 Å². The van der Waals surface area contributed by atoms with E-state index in [1.165, 1.54) is 18.0 Å². The molecule has 0 bridgehead atoms. The second kappa shape index (κ2) is 5.06. The molecule has 0 fully saturated rings. The van der Waals surface area contributed by atoms with Crippen LogP contribution < -0.4 is 4.74 Å². The van der Waals surface area contributed by atoms with Crippen molar-refractivity contribution < 1.29 is 18.6 Å². The number of rotatable bonds is 5. The minimum absolute atomic E-state index is 0.0364. The van der Waals surface area contributed by atoms with E-state index >= 15 is 0 Å². The molecule has 0 radical (unpaired) electrons. The van der Waals surface area contributed by atoms with Crippen LogP contribution in [0, 0.1) is 0 Å². The lowest BCUT2D eigenvalue weighted by Crippen LogP contribution is -2.15. The topological polar surface area (TPSA) is 47.3 Å². The maximum absolute atomic E-state index is 12.4. The molecule has 0 aromatic carbocycles. The van der Waals surface area contributed by atoms with E-state index in [9.17, 15) is 13.9 Å². The van der Waals surface area contributed by atoms with Crippen molar-refractivity contribution in [2.24, 2.45) is 0 Å². The van der Waals surface area contributed by atoms with E-state index in [2.05, 4.69) is 5.10 Å². The first-order valence-corrected chi connectivity index (χ1v) is 4.67. The van der Waals surface area contributed by atoms with Crippen LogP contribution in [0.1, 0.15) is 25.1 Å². The first-order chi connectivity index (χ1) is 7.11. The van der Waals surface area contributed by atoms with Gasteiger partial charge in [0.05, 0.1) is 13.3 Å². The molecule has 15 heavy (non-hydrogen) atoms. The van der Waals surface area contributed by atoms with Gasteiger partial charge in [0.25, 0.3) is 6.43 Å². The summed E-state index contributed by atoms with van der Waals surface area (Å²) in [6.45, 7) is 2.37. The third kappa shape index (κ3) is 2.44. The Bertz CT molecular complexity index is 315. The molecule has 1 heterocycles. The van der Waals surface area contributed by atoms with E-state index in [-0.39, 0.29) is 11.4 Å². The van der Waals surface area contributed by atoms with Gasteiger partial charge in [0, 0.05) is 6.54 Å². The Hall–Kier alpha value is -1.17. The molecule has 1 atom stereocenters. The Balaban J connectivity index is 3.04. The highest BCUT2D eigenvalue weighted by Crippen LogP contribution is 2.29. The number of hydrogen-bond acceptors (Lipinski definition) is 3. The fourth-order valence-electron chi connectivity index (χ4n) is 1.34. The van der Waals surface area contributed by atoms with Crippen molar-refractivity contribution >= 4 is 0 Å². The predicted molar refractivity (Wildman–Crippen MR) is 50.0 cm³/mol. The molecule has 1 aromatic rings. The van der Waals surface area contributed by atoms with E-state index in [1.807, 2.05) is 6.92 Å². The van der Waals surface area contributed by atoms with Gasteiger partial charge in [-0.25, -0.2) is 8.78 Å². The Labute approximate surface area is 86.5 Å². The smallest absolute Gasteiger partial charge is 0.269 e. The number of halogens is 2. The molecular weight excluding hydrogens is 206 g/mol. The quantitative estimate of drug-likeness (QED) is 0.819. The van der Waals surface area contributed by atoms with Crippen LogP contribution in [-0.2, 0) is 6.54 Å². The fraction of sp³-hybridized carbons (Fsp3) is 0.667. The number of hydrogen-bond donors (Lipinski definition) is 1. The van der Waals surface area contributed by atoms with Crippen LogP contribution >= 0.6 is 0 Å². The molecule has 0 aliphatic heterocycles. The summed E-state index contributed by atoms with van der Waals surface area (Å²) in [5.41, 5.74) is 0.0364. The number of ether oxygens (including phenoxy) is 1. The minimum Gasteiger partial charge on any atom is -0.493 e. The molecule has 86 valence electrons. The van der Waals surface area contributed by atoms with Crippen LogP contribution in [0.3, 0.4) is 0 Å². The first-order valence-electron chi connectivity index (χ1n) is 4.67. The molecule has 1 aromatic heterocycles. The molecule has 1 N–H and O–H groups in total. The number of nitrogens with zero attached hydrogens (tertiary/aromatic N) is 2. The molecular formula is C9H14F2N2O2. The van der Waals surface area contributed by atoms with Crippen LogP contribution in [0.15, 0.2) is 6.20 Å². The van der Waals surface area contributed by atoms with Gasteiger partial charge in [-0.05, 0) is 6.42 Å². The lowest BCUT2D eigenvalue weighted by molar-refractivity contribution is -0.0121. The van der Waals surface area contributed by atoms with Crippen molar-refractivity contribution in [3.05, 3.63) is 11.9 Å². The Morgan fingerprint density at radius 2 is 2.27 bits per heavy atom. The van der Waals surface area contributed by atoms with Gasteiger partial charge >= 0.3 is 0 Å². The summed E-state index contributed by atoms with van der Waals surface area (Å²) in [7, 11) is 1.36. The van der Waals surface area contributed by atoms with Crippen LogP contribution in [0.2, 0.25) is 0 Å². The van der Waals surface area contributed by atoms with Gasteiger partial charge in [-0.2, -0.15) is 5.10 Å². The molecule has 1 rings (SSSR count). The second-order valence-electron chi connectivity index (χ2n) is 3.10. The molecule has 0 saturated heterocycles. The van der Waals surface area contributed by atoms with Crippen molar-refractivity contribution in [2.45, 2.75) is 32.4 Å². The van der Waals surface area contributed by atoms with E-state index in [4.69, 9.17) is 4.74 Å². The Morgan fingerprint density at radius 3 is 2.73 bits per heavy atom. The highest BCUT2D eigenvalue weighted by molar-refractivity contribution is 5.27. The zero-order chi connectivity index (χ0) is 11.4. The van der Waals surface area contributed by atoms with Crippen LogP contribution in [-0.4, -0.2) is 28.4 Å². The van der Waals surface area contributed by atoms with E-state index in [1.54, 1.807) is 0 Å². The average molecular weight is 220 g/mol. The summed E-state index contributed by atoms with van der Waals surface area (Å²) in [6.07, 6.45) is -2.62. The fourth-order valence-corrected chi connectivity index (χ4v) is 1.34. The summed E-state index contributed by atoms with van der Waals surface area (Å²) in [4.78, 5) is 0. The molecule has 0 spiro atoms. The van der Waals surface area contributed by atoms with Gasteiger partial charge in [-0.3, -0.25) is 4.68 Å². The van der Waals surface area contributed by atoms with Gasteiger partial charge in [0.1, 0.15) is 5.69 Å². The zero-order valence-corrected chi connectivity index (χ0v) is 8.65. The number of methoxy groups -OCH3 is 1. The van der Waals surface area contributed by atoms with E-state index in [0.717, 1.165) is 6.42 Å². The average Bonchev–Trinajstić information content (AvgIpc) is 2.60. The molecule has 0 aliphatic carbocycles. The number of alkyl halides is 2. The number of aryl methyl sites for hydroxylation is 1. The van der Waals surface area contributed by atoms with Crippen LogP contribution in [0.4, 0.5) is 8.78 Å². The lowest BCUT2D eigenvalue weighted by atomic mass is 10.2. The van der Waals surface area contributed by atoms with Gasteiger partial charge < -0.3 is 9.84 Å². The van der Waals surface area contributed by atoms with Crippen molar-refractivity contribution in [1.29, 1.82) is 0 Å². The summed E-state index contributed by atoms with van der Waals surface area (Å²) in [5.74, 6) is 0.191. The van der Waals surface area contributed by atoms with Gasteiger partial charge in [-0.1, -0.05) is 6.92 Å². The molecule has 4 nitrogen and oxygen atoms in total. The predicted octanol–water partition coefficient (Wildman–Crippen LogP) is 1.60. The highest BCUT2D eigenvalue weighted by atomic mass is 19.3. The normalized spacial score (nSPS) is 13.2. The van der Waals surface area contributed by atoms with Crippen molar-refractivity contribution in [1.82, 2.24) is 9.78 Å². The monoisotopic (exact) mass is 220 g/mol. The largest absolute Gasteiger partial charge is 0.493 e. The van der Waals surface area contributed by atoms with E-state index in [0.29, 0.717) is 6.54 Å². The molecule has 0 saturated carbocycles. The number of aliphatic hydroxyl groups is 1. The van der Waals surface area contributed by atoms with Gasteiger partial charge in [0.2, 0.25) is 0 Å². The molecule has 1 unspecified atom stereocenters. The van der Waals surface area contributed by atoms with Crippen molar-refractivity contribution in [3.63, 3.8) is 0 Å². The number of aliphatic hydroxyl groups excluding tert-OH is 1. The third-order valence-corrected chi connectivity index (χ3v) is 2.02. The van der Waals surface area contributed by atoms with Crippen LogP contribution in [0.25, 0.3) is 0 Å². The standard InChI is InChI=1S/C9H14F2N2O2/c1-3-4-13-7(8(14)9(10)11)6(15-2)5-12-13/h5,8-9,14H,3-4H2,1-2H3. The maximum atomic E-state index is 12.4. The number of aromatic nitrogens is 2. The van der Waals surface area contributed by atoms with Gasteiger partial charge in [0.15, 0.2) is 11.9 Å². The minimum atomic E-state index is -2.84. The summed E-state index contributed by atoms with van der Waals surface area (Å²) >= 11 is 0. The summed E-state index contributed by atoms with van der Waals surface area (Å²) < 4.78 is 31.0. The third-order valence-electron chi connectivity index (χ3n) is 2.02. The highest BCUT2D eigenvalue weighted by Gasteiger charge is 2.27. The zero-order valence-electron chi connectivity index (χ0n) is 8.65. The van der Waals surface area contributed by atoms with E-state index < -0.39 is 12.5 Å². The molecule has 0 aliphatic rings. The van der Waals surface area contributed by atoms with Gasteiger partial charge in [-0.15, -0.1) is 0 Å². The lowest BCUT2D eigenvalue weighted by Gasteiger charge is -2.13. The maximum Gasteiger partial charge on any atom is 0.269 e.